The standard InChI is InChI=1S/C28H27FN6O2/c1-16(2)9-7-13-20(36)23-21-24(33-27(37)28(21,3)4)32-25(31-23)22-18-11-8-14-30-26(18)35(34-22)15-17-10-5-6-12-19(17)29/h5-6,8-12,14H,7,13,15H2,1-4H3,(H,31,32,33,37). The summed E-state index contributed by atoms with van der Waals surface area (Å²) in [5.41, 5.74) is 2.28. The Kier molecular flexibility index (Phi) is 6.15. The predicted octanol–water partition coefficient (Wildman–Crippen LogP) is 5.23. The van der Waals surface area contributed by atoms with Crippen LogP contribution in [0.3, 0.4) is 0 Å². The number of halogens is 1. The van der Waals surface area contributed by atoms with Crippen LogP contribution in [0.25, 0.3) is 22.6 Å². The molecule has 0 bridgehead atoms. The van der Waals surface area contributed by atoms with E-state index < -0.39 is 5.41 Å². The molecule has 5 rings (SSSR count). The molecule has 37 heavy (non-hydrogen) atoms. The summed E-state index contributed by atoms with van der Waals surface area (Å²) < 4.78 is 16.0. The molecule has 1 aliphatic heterocycles. The molecule has 0 fully saturated rings. The first-order valence-electron chi connectivity index (χ1n) is 12.1. The third kappa shape index (κ3) is 4.41. The number of aromatic nitrogens is 5. The van der Waals surface area contributed by atoms with Crippen LogP contribution >= 0.6 is 0 Å². The first-order chi connectivity index (χ1) is 17.7. The zero-order valence-corrected chi connectivity index (χ0v) is 21.2. The molecule has 188 valence electrons. The average Bonchev–Trinajstić information content (AvgIpc) is 3.33. The van der Waals surface area contributed by atoms with Crippen LogP contribution < -0.4 is 5.32 Å². The number of carbonyl (C=O) groups is 2. The highest BCUT2D eigenvalue weighted by Crippen LogP contribution is 2.40. The summed E-state index contributed by atoms with van der Waals surface area (Å²) in [5.74, 6) is -0.246. The largest absolute Gasteiger partial charge is 0.310 e. The van der Waals surface area contributed by atoms with E-state index in [1.807, 2.05) is 26.0 Å². The molecule has 0 atom stereocenters. The van der Waals surface area contributed by atoms with Gasteiger partial charge in [0.25, 0.3) is 0 Å². The molecule has 0 saturated carbocycles. The van der Waals surface area contributed by atoms with Crippen molar-refractivity contribution in [3.05, 3.63) is 76.9 Å². The number of allylic oxidation sites excluding steroid dienone is 2. The number of hydrogen-bond donors (Lipinski definition) is 1. The molecule has 4 aromatic rings. The molecule has 0 saturated heterocycles. The van der Waals surface area contributed by atoms with Crippen molar-refractivity contribution in [3.63, 3.8) is 0 Å². The summed E-state index contributed by atoms with van der Waals surface area (Å²) in [5, 5.41) is 8.16. The average molecular weight is 499 g/mol. The number of pyridine rings is 1. The predicted molar refractivity (Wildman–Crippen MR) is 139 cm³/mol. The van der Waals surface area contributed by atoms with Gasteiger partial charge in [-0.2, -0.15) is 5.10 Å². The van der Waals surface area contributed by atoms with E-state index >= 15 is 0 Å². The van der Waals surface area contributed by atoms with Gasteiger partial charge in [-0.25, -0.2) is 24.0 Å². The number of hydrogen-bond acceptors (Lipinski definition) is 6. The normalized spacial score (nSPS) is 13.9. The van der Waals surface area contributed by atoms with Crippen LogP contribution in [0, 0.1) is 5.82 Å². The van der Waals surface area contributed by atoms with Gasteiger partial charge < -0.3 is 5.32 Å². The van der Waals surface area contributed by atoms with E-state index in [1.54, 1.807) is 49.0 Å². The molecular formula is C28H27FN6O2. The first-order valence-corrected chi connectivity index (χ1v) is 12.1. The van der Waals surface area contributed by atoms with E-state index in [1.165, 1.54) is 6.07 Å². The van der Waals surface area contributed by atoms with Crippen molar-refractivity contribution in [2.75, 3.05) is 5.32 Å². The minimum Gasteiger partial charge on any atom is -0.310 e. The second-order valence-corrected chi connectivity index (χ2v) is 9.91. The Morgan fingerprint density at radius 1 is 1.14 bits per heavy atom. The van der Waals surface area contributed by atoms with Crippen molar-refractivity contribution in [3.8, 4) is 11.5 Å². The van der Waals surface area contributed by atoms with Gasteiger partial charge in [-0.1, -0.05) is 29.8 Å². The number of nitrogens with zero attached hydrogens (tertiary/aromatic N) is 5. The fourth-order valence-corrected chi connectivity index (χ4v) is 4.51. The summed E-state index contributed by atoms with van der Waals surface area (Å²) in [7, 11) is 0. The quantitative estimate of drug-likeness (QED) is 0.276. The fraction of sp³-hybridized carbons (Fsp3) is 0.286. The van der Waals surface area contributed by atoms with Crippen LogP contribution in [0.15, 0.2) is 54.2 Å². The number of nitrogens with one attached hydrogen (secondary N) is 1. The molecule has 1 aromatic carbocycles. The van der Waals surface area contributed by atoms with E-state index in [0.717, 1.165) is 5.57 Å². The van der Waals surface area contributed by atoms with E-state index in [0.29, 0.717) is 40.1 Å². The third-order valence-electron chi connectivity index (χ3n) is 6.52. The number of fused-ring (bicyclic) bond motifs is 2. The maximum absolute atomic E-state index is 14.4. The van der Waals surface area contributed by atoms with Crippen molar-refractivity contribution in [1.29, 1.82) is 0 Å². The summed E-state index contributed by atoms with van der Waals surface area (Å²) in [6.07, 6.45) is 4.46. The Balaban J connectivity index is 1.65. The van der Waals surface area contributed by atoms with Gasteiger partial charge >= 0.3 is 0 Å². The molecule has 4 heterocycles. The van der Waals surface area contributed by atoms with Gasteiger partial charge in [-0.05, 0) is 52.3 Å². The van der Waals surface area contributed by atoms with Crippen molar-refractivity contribution >= 4 is 28.5 Å². The molecule has 1 N–H and O–H groups in total. The number of ketones is 1. The molecule has 0 unspecified atom stereocenters. The molecule has 1 amide bonds. The Morgan fingerprint density at radius 2 is 1.92 bits per heavy atom. The number of carbonyl (C=O) groups excluding carboxylic acids is 2. The van der Waals surface area contributed by atoms with Crippen LogP contribution in [0.4, 0.5) is 10.2 Å². The van der Waals surface area contributed by atoms with Crippen molar-refractivity contribution in [2.45, 2.75) is 52.5 Å². The maximum Gasteiger partial charge on any atom is 0.235 e. The number of amides is 1. The van der Waals surface area contributed by atoms with Gasteiger partial charge in [0.05, 0.1) is 17.3 Å². The topological polar surface area (TPSA) is 103 Å². The molecule has 0 radical (unpaired) electrons. The Labute approximate surface area is 213 Å². The van der Waals surface area contributed by atoms with Crippen LogP contribution in [-0.2, 0) is 16.8 Å². The van der Waals surface area contributed by atoms with Gasteiger partial charge in [0.1, 0.15) is 23.0 Å². The van der Waals surface area contributed by atoms with Crippen molar-refractivity contribution < 1.29 is 14.0 Å². The molecule has 0 aliphatic carbocycles. The molecule has 3 aromatic heterocycles. The van der Waals surface area contributed by atoms with Gasteiger partial charge in [-0.3, -0.25) is 9.59 Å². The summed E-state index contributed by atoms with van der Waals surface area (Å²) in [4.78, 5) is 39.9. The third-order valence-corrected chi connectivity index (χ3v) is 6.52. The van der Waals surface area contributed by atoms with Gasteiger partial charge in [0, 0.05) is 23.7 Å². The summed E-state index contributed by atoms with van der Waals surface area (Å²) in [6.45, 7) is 7.63. The van der Waals surface area contributed by atoms with Crippen molar-refractivity contribution in [2.24, 2.45) is 0 Å². The summed E-state index contributed by atoms with van der Waals surface area (Å²) in [6, 6.07) is 10.1. The monoisotopic (exact) mass is 498 g/mol. The second-order valence-electron chi connectivity index (χ2n) is 9.91. The van der Waals surface area contributed by atoms with Crippen LogP contribution in [-0.4, -0.2) is 36.4 Å². The van der Waals surface area contributed by atoms with Crippen molar-refractivity contribution in [1.82, 2.24) is 24.7 Å². The van der Waals surface area contributed by atoms with Crippen LogP contribution in [0.1, 0.15) is 62.2 Å². The lowest BCUT2D eigenvalue weighted by atomic mass is 9.84. The Bertz CT molecular complexity index is 1580. The van der Waals surface area contributed by atoms with Gasteiger partial charge in [-0.15, -0.1) is 0 Å². The highest BCUT2D eigenvalue weighted by molar-refractivity contribution is 6.09. The van der Waals surface area contributed by atoms with E-state index in [2.05, 4.69) is 20.3 Å². The summed E-state index contributed by atoms with van der Waals surface area (Å²) >= 11 is 0. The molecule has 8 nitrogen and oxygen atoms in total. The smallest absolute Gasteiger partial charge is 0.235 e. The lowest BCUT2D eigenvalue weighted by Gasteiger charge is -2.17. The minimum atomic E-state index is -0.955. The lowest BCUT2D eigenvalue weighted by Crippen LogP contribution is -2.28. The number of benzene rings is 1. The van der Waals surface area contributed by atoms with E-state index in [-0.39, 0.29) is 42.0 Å². The lowest BCUT2D eigenvalue weighted by molar-refractivity contribution is -0.119. The van der Waals surface area contributed by atoms with Crippen LogP contribution in [0.5, 0.6) is 0 Å². The second kappa shape index (κ2) is 9.31. The number of Topliss-reactive ketones (excluding diaryl/α,β-unsaturated/α-hetero) is 1. The zero-order chi connectivity index (χ0) is 26.3. The molecule has 1 aliphatic rings. The highest BCUT2D eigenvalue weighted by atomic mass is 19.1. The first kappa shape index (κ1) is 24.4. The number of anilines is 1. The Hall–Kier alpha value is -4.27. The molecular weight excluding hydrogens is 471 g/mol. The highest BCUT2D eigenvalue weighted by Gasteiger charge is 2.44. The van der Waals surface area contributed by atoms with Gasteiger partial charge in [0.15, 0.2) is 17.3 Å². The zero-order valence-electron chi connectivity index (χ0n) is 21.2. The number of rotatable bonds is 7. The fourth-order valence-electron chi connectivity index (χ4n) is 4.51. The molecule has 9 heteroatoms. The molecule has 0 spiro atoms. The minimum absolute atomic E-state index is 0.156. The van der Waals surface area contributed by atoms with Crippen LogP contribution in [0.2, 0.25) is 0 Å². The maximum atomic E-state index is 14.4. The van der Waals surface area contributed by atoms with E-state index in [9.17, 15) is 14.0 Å². The van der Waals surface area contributed by atoms with E-state index in [4.69, 9.17) is 5.10 Å². The van der Waals surface area contributed by atoms with Gasteiger partial charge in [0.2, 0.25) is 5.91 Å². The SMILES string of the molecule is CC(C)=CCCC(=O)c1nc(-c2nn(Cc3ccccc3F)c3ncccc23)nc2c1C(C)(C)C(=O)N2. The Morgan fingerprint density at radius 3 is 2.68 bits per heavy atom.